The van der Waals surface area contributed by atoms with E-state index in [0.717, 1.165) is 22.4 Å². The number of nitrogens with one attached hydrogen (secondary N) is 1. The Morgan fingerprint density at radius 1 is 1.22 bits per heavy atom. The van der Waals surface area contributed by atoms with E-state index in [2.05, 4.69) is 9.98 Å². The summed E-state index contributed by atoms with van der Waals surface area (Å²) in [6.45, 7) is 2.66. The molecular weight excluding hydrogens is 491 g/mol. The fraction of sp³-hybridized carbons (Fsp3) is 0.350. The summed E-state index contributed by atoms with van der Waals surface area (Å²) >= 11 is 2.74. The number of anilines is 1. The lowest BCUT2D eigenvalue weighted by atomic mass is 10.1. The molecule has 1 atom stereocenters. The maximum Gasteiger partial charge on any atom is 0.273 e. The van der Waals surface area contributed by atoms with Crippen molar-refractivity contribution in [1.82, 2.24) is 4.98 Å². The van der Waals surface area contributed by atoms with E-state index < -0.39 is 20.1 Å². The van der Waals surface area contributed by atoms with Crippen LogP contribution in [-0.2, 0) is 24.3 Å². The number of thioether (sulfide) groups is 1. The first-order chi connectivity index (χ1) is 15.0. The largest absolute Gasteiger partial charge is 0.351 e. The van der Waals surface area contributed by atoms with Crippen LogP contribution in [0.15, 0.2) is 51.0 Å². The Bertz CT molecular complexity index is 1380. The lowest BCUT2D eigenvalue weighted by molar-refractivity contribution is 0.301. The van der Waals surface area contributed by atoms with Crippen molar-refractivity contribution < 1.29 is 21.0 Å². The van der Waals surface area contributed by atoms with Gasteiger partial charge in [-0.1, -0.05) is 30.0 Å². The van der Waals surface area contributed by atoms with E-state index in [4.69, 9.17) is 4.18 Å². The highest BCUT2D eigenvalue weighted by molar-refractivity contribution is 8.15. The van der Waals surface area contributed by atoms with E-state index in [1.807, 2.05) is 25.1 Å². The van der Waals surface area contributed by atoms with Gasteiger partial charge in [-0.25, -0.2) is 8.42 Å². The number of hydrogen-bond donors (Lipinski definition) is 1. The molecule has 2 aromatic heterocycles. The third-order valence-electron chi connectivity index (χ3n) is 5.14. The van der Waals surface area contributed by atoms with E-state index in [0.29, 0.717) is 24.2 Å². The summed E-state index contributed by atoms with van der Waals surface area (Å²) in [7, 11) is -5.58. The molecule has 1 N–H and O–H groups in total. The number of aromatic nitrogens is 1. The summed E-state index contributed by atoms with van der Waals surface area (Å²) in [6.07, 6.45) is 1.57. The molecule has 0 aliphatic carbocycles. The highest BCUT2D eigenvalue weighted by Crippen LogP contribution is 2.39. The second-order valence-electron chi connectivity index (χ2n) is 7.78. The van der Waals surface area contributed by atoms with E-state index >= 15 is 0 Å². The number of benzene rings is 1. The standard InChI is InChI=1S/C20H23N3O5S4/c1-20(9-10-28-31(3,24)25)13-21-19(30-20)15-12-14-6-4-7-16(18(14)22-15)23(2)32(26,27)17-8-5-11-29-17/h4-8,11-12,22H,9-10,13H2,1-3H3. The monoisotopic (exact) mass is 513 g/mol. The smallest absolute Gasteiger partial charge is 0.273 e. The second kappa shape index (κ2) is 8.49. The molecule has 32 heavy (non-hydrogen) atoms. The maximum atomic E-state index is 13.0. The number of nitrogens with zero attached hydrogens (tertiary/aromatic N) is 2. The predicted molar refractivity (Wildman–Crippen MR) is 131 cm³/mol. The van der Waals surface area contributed by atoms with Crippen molar-refractivity contribution in [2.24, 2.45) is 4.99 Å². The molecule has 0 fully saturated rings. The number of thiophene rings is 1. The molecule has 1 unspecified atom stereocenters. The van der Waals surface area contributed by atoms with Crippen LogP contribution >= 0.6 is 23.1 Å². The summed E-state index contributed by atoms with van der Waals surface area (Å²) in [5.74, 6) is 0. The molecule has 1 aliphatic heterocycles. The van der Waals surface area contributed by atoms with Crippen molar-refractivity contribution in [3.63, 3.8) is 0 Å². The minimum atomic E-state index is -3.66. The van der Waals surface area contributed by atoms with Crippen molar-refractivity contribution in [1.29, 1.82) is 0 Å². The number of fused-ring (bicyclic) bond motifs is 1. The van der Waals surface area contributed by atoms with Gasteiger partial charge >= 0.3 is 0 Å². The highest BCUT2D eigenvalue weighted by Gasteiger charge is 2.34. The van der Waals surface area contributed by atoms with E-state index in [9.17, 15) is 16.8 Å². The quantitative estimate of drug-likeness (QED) is 0.460. The summed E-state index contributed by atoms with van der Waals surface area (Å²) in [5, 5.41) is 3.42. The van der Waals surface area contributed by atoms with Crippen LogP contribution in [0.3, 0.4) is 0 Å². The Labute approximate surface area is 195 Å². The maximum absolute atomic E-state index is 13.0. The van der Waals surface area contributed by atoms with Crippen molar-refractivity contribution >= 4 is 64.9 Å². The molecule has 0 amide bonds. The fourth-order valence-electron chi connectivity index (χ4n) is 3.41. The summed E-state index contributed by atoms with van der Waals surface area (Å²) in [4.78, 5) is 7.99. The molecule has 12 heteroatoms. The summed E-state index contributed by atoms with van der Waals surface area (Å²) in [6, 6.07) is 10.8. The molecule has 3 aromatic rings. The molecule has 4 rings (SSSR count). The van der Waals surface area contributed by atoms with Gasteiger partial charge in [-0.15, -0.1) is 11.3 Å². The minimum absolute atomic E-state index is 0.105. The van der Waals surface area contributed by atoms with Crippen LogP contribution < -0.4 is 4.31 Å². The van der Waals surface area contributed by atoms with Gasteiger partial charge in [0.1, 0.15) is 9.25 Å². The Morgan fingerprint density at radius 3 is 2.69 bits per heavy atom. The Kier molecular flexibility index (Phi) is 6.18. The van der Waals surface area contributed by atoms with Crippen LogP contribution in [0, 0.1) is 0 Å². The molecule has 3 heterocycles. The number of para-hydroxylation sites is 1. The normalized spacial score (nSPS) is 19.4. The van der Waals surface area contributed by atoms with Crippen LogP contribution in [0.25, 0.3) is 10.9 Å². The van der Waals surface area contributed by atoms with Gasteiger partial charge in [0.05, 0.1) is 36.3 Å². The first kappa shape index (κ1) is 23.3. The molecule has 0 spiro atoms. The number of rotatable bonds is 8. The van der Waals surface area contributed by atoms with Gasteiger partial charge in [-0.3, -0.25) is 13.5 Å². The van der Waals surface area contributed by atoms with Crippen LogP contribution in [0.4, 0.5) is 5.69 Å². The molecule has 0 saturated heterocycles. The Morgan fingerprint density at radius 2 is 2.00 bits per heavy atom. The van der Waals surface area contributed by atoms with Crippen molar-refractivity contribution in [2.45, 2.75) is 22.3 Å². The third kappa shape index (κ3) is 4.74. The van der Waals surface area contributed by atoms with Gasteiger partial charge < -0.3 is 4.98 Å². The second-order valence-corrected chi connectivity index (χ2v) is 14.1. The lowest BCUT2D eigenvalue weighted by Crippen LogP contribution is -2.26. The number of aromatic amines is 1. The average Bonchev–Trinajstić information content (AvgIpc) is 3.45. The van der Waals surface area contributed by atoms with Gasteiger partial charge in [0.25, 0.3) is 20.1 Å². The SMILES string of the molecule is CN(c1cccc2cc(C3=NCC(C)(CCOS(C)(=O)=O)S3)[nH]c12)S(=O)(=O)c1cccs1. The average molecular weight is 514 g/mol. The zero-order valence-electron chi connectivity index (χ0n) is 17.7. The molecular formula is C20H23N3O5S4. The molecule has 0 radical (unpaired) electrons. The highest BCUT2D eigenvalue weighted by atomic mass is 32.2. The molecule has 0 bridgehead atoms. The first-order valence-electron chi connectivity index (χ1n) is 9.71. The lowest BCUT2D eigenvalue weighted by Gasteiger charge is -2.21. The van der Waals surface area contributed by atoms with Crippen LogP contribution in [0.5, 0.6) is 0 Å². The van der Waals surface area contributed by atoms with Gasteiger partial charge in [0.15, 0.2) is 0 Å². The Balaban J connectivity index is 1.58. The van der Waals surface area contributed by atoms with Crippen LogP contribution in [0.1, 0.15) is 19.0 Å². The molecule has 0 saturated carbocycles. The van der Waals surface area contributed by atoms with Crippen LogP contribution in [-0.4, -0.2) is 58.1 Å². The molecule has 172 valence electrons. The van der Waals surface area contributed by atoms with E-state index in [-0.39, 0.29) is 15.6 Å². The van der Waals surface area contributed by atoms with E-state index in [1.165, 1.54) is 15.6 Å². The summed E-state index contributed by atoms with van der Waals surface area (Å²) in [5.41, 5.74) is 2.06. The van der Waals surface area contributed by atoms with Crippen molar-refractivity contribution in [3.8, 4) is 0 Å². The van der Waals surface area contributed by atoms with Crippen molar-refractivity contribution in [2.75, 3.05) is 30.8 Å². The molecule has 8 nitrogen and oxygen atoms in total. The van der Waals surface area contributed by atoms with Crippen molar-refractivity contribution in [3.05, 3.63) is 47.5 Å². The number of aliphatic imine (C=N–C) groups is 1. The first-order valence-corrected chi connectivity index (χ1v) is 14.7. The Hall–Kier alpha value is -1.86. The predicted octanol–water partition coefficient (Wildman–Crippen LogP) is 3.67. The minimum Gasteiger partial charge on any atom is -0.351 e. The zero-order chi connectivity index (χ0) is 23.1. The zero-order valence-corrected chi connectivity index (χ0v) is 21.0. The van der Waals surface area contributed by atoms with Crippen LogP contribution in [0.2, 0.25) is 0 Å². The third-order valence-corrected chi connectivity index (χ3v) is 10.2. The van der Waals surface area contributed by atoms with Gasteiger partial charge in [0, 0.05) is 17.2 Å². The topological polar surface area (TPSA) is 109 Å². The van der Waals surface area contributed by atoms with Gasteiger partial charge in [-0.2, -0.15) is 8.42 Å². The number of sulfonamides is 1. The molecule has 1 aromatic carbocycles. The van der Waals surface area contributed by atoms with Gasteiger partial charge in [-0.05, 0) is 36.9 Å². The number of H-pyrrole nitrogens is 1. The molecule has 1 aliphatic rings. The number of hydrogen-bond acceptors (Lipinski definition) is 8. The fourth-order valence-corrected chi connectivity index (χ4v) is 7.29. The van der Waals surface area contributed by atoms with E-state index in [1.54, 1.807) is 42.4 Å². The summed E-state index contributed by atoms with van der Waals surface area (Å²) < 4.78 is 54.6. The van der Waals surface area contributed by atoms with Gasteiger partial charge in [0.2, 0.25) is 0 Å².